The highest BCUT2D eigenvalue weighted by Gasteiger charge is 2.17. The minimum absolute atomic E-state index is 0.281. The first-order chi connectivity index (χ1) is 10.2. The van der Waals surface area contributed by atoms with E-state index in [9.17, 15) is 0 Å². The summed E-state index contributed by atoms with van der Waals surface area (Å²) in [5.41, 5.74) is 7.27. The van der Waals surface area contributed by atoms with Crippen LogP contribution >= 0.6 is 11.6 Å². The van der Waals surface area contributed by atoms with Crippen LogP contribution in [0.2, 0.25) is 5.02 Å². The molecule has 0 amide bonds. The Hall–Kier alpha value is -0.610. The molecule has 2 N–H and O–H groups in total. The third-order valence-electron chi connectivity index (χ3n) is 4.14. The first-order valence-corrected chi connectivity index (χ1v) is 8.45. The molecule has 0 saturated heterocycles. The molecule has 0 spiro atoms. The van der Waals surface area contributed by atoms with Gasteiger partial charge in [0.2, 0.25) is 0 Å². The molecule has 4 heteroatoms. The molecule has 0 radical (unpaired) electrons. The van der Waals surface area contributed by atoms with E-state index >= 15 is 0 Å². The molecule has 21 heavy (non-hydrogen) atoms. The van der Waals surface area contributed by atoms with Crippen LogP contribution in [0.1, 0.15) is 38.8 Å². The third kappa shape index (κ3) is 5.95. The zero-order valence-corrected chi connectivity index (χ0v) is 14.4. The van der Waals surface area contributed by atoms with Gasteiger partial charge in [-0.3, -0.25) is 4.90 Å². The van der Waals surface area contributed by atoms with E-state index in [4.69, 9.17) is 17.3 Å². The summed E-state index contributed by atoms with van der Waals surface area (Å²) in [5, 5.41) is 0.777. The molecule has 0 aliphatic carbocycles. The van der Waals surface area contributed by atoms with Crippen molar-refractivity contribution in [1.82, 2.24) is 9.80 Å². The fraction of sp³-hybridized carbons (Fsp3) is 0.647. The molecule has 1 rings (SSSR count). The minimum Gasteiger partial charge on any atom is -0.329 e. The van der Waals surface area contributed by atoms with Gasteiger partial charge in [0, 0.05) is 24.2 Å². The van der Waals surface area contributed by atoms with Crippen molar-refractivity contribution in [3.05, 3.63) is 34.9 Å². The highest BCUT2D eigenvalue weighted by molar-refractivity contribution is 6.30. The average molecular weight is 312 g/mol. The molecule has 1 atom stereocenters. The lowest BCUT2D eigenvalue weighted by molar-refractivity contribution is 0.193. The third-order valence-corrected chi connectivity index (χ3v) is 4.39. The average Bonchev–Trinajstić information content (AvgIpc) is 2.52. The minimum atomic E-state index is 0.281. The number of hydrogen-bond acceptors (Lipinski definition) is 3. The molecule has 0 fully saturated rings. The van der Waals surface area contributed by atoms with Crippen LogP contribution in [0.3, 0.4) is 0 Å². The number of likely N-dealkylation sites (N-methyl/N-ethyl adjacent to an activating group) is 1. The van der Waals surface area contributed by atoms with Gasteiger partial charge in [0.25, 0.3) is 0 Å². The standard InChI is InChI=1S/C17H30ClN3/c1-4-20(5-2)12-7-13-21(6-3)17(14-19)15-8-10-16(18)11-9-15/h8-11,17H,4-7,12-14,19H2,1-3H3. The molecule has 120 valence electrons. The SMILES string of the molecule is CCN(CC)CCCN(CC)C(CN)c1ccc(Cl)cc1. The lowest BCUT2D eigenvalue weighted by atomic mass is 10.1. The van der Waals surface area contributed by atoms with Gasteiger partial charge >= 0.3 is 0 Å². The second-order valence-electron chi connectivity index (χ2n) is 5.31. The summed E-state index contributed by atoms with van der Waals surface area (Å²) in [6.07, 6.45) is 1.18. The van der Waals surface area contributed by atoms with Crippen LogP contribution in [-0.2, 0) is 0 Å². The Labute approximate surface area is 135 Å². The van der Waals surface area contributed by atoms with Gasteiger partial charge < -0.3 is 10.6 Å². The molecule has 0 aliphatic heterocycles. The molecule has 0 saturated carbocycles. The Bertz CT molecular complexity index is 376. The summed E-state index contributed by atoms with van der Waals surface area (Å²) < 4.78 is 0. The maximum Gasteiger partial charge on any atom is 0.0470 e. The van der Waals surface area contributed by atoms with Crippen molar-refractivity contribution in [3.63, 3.8) is 0 Å². The van der Waals surface area contributed by atoms with Crippen LogP contribution in [0, 0.1) is 0 Å². The Morgan fingerprint density at radius 1 is 1.00 bits per heavy atom. The Morgan fingerprint density at radius 3 is 2.10 bits per heavy atom. The summed E-state index contributed by atoms with van der Waals surface area (Å²) in [4.78, 5) is 4.93. The quantitative estimate of drug-likeness (QED) is 0.719. The van der Waals surface area contributed by atoms with E-state index in [2.05, 4.69) is 42.7 Å². The summed E-state index contributed by atoms with van der Waals surface area (Å²) in [6, 6.07) is 8.36. The first kappa shape index (κ1) is 18.4. The van der Waals surface area contributed by atoms with E-state index in [-0.39, 0.29) is 6.04 Å². The van der Waals surface area contributed by atoms with Crippen LogP contribution in [0.15, 0.2) is 24.3 Å². The Balaban J connectivity index is 2.61. The number of benzene rings is 1. The Morgan fingerprint density at radius 2 is 1.62 bits per heavy atom. The number of rotatable bonds is 10. The predicted molar refractivity (Wildman–Crippen MR) is 92.9 cm³/mol. The van der Waals surface area contributed by atoms with Crippen molar-refractivity contribution < 1.29 is 0 Å². The van der Waals surface area contributed by atoms with Crippen molar-refractivity contribution in [2.24, 2.45) is 5.73 Å². The molecular formula is C17H30ClN3. The van der Waals surface area contributed by atoms with Crippen LogP contribution < -0.4 is 5.73 Å². The second kappa shape index (κ2) is 10.2. The van der Waals surface area contributed by atoms with Crippen molar-refractivity contribution in [3.8, 4) is 0 Å². The van der Waals surface area contributed by atoms with Gasteiger partial charge in [0.15, 0.2) is 0 Å². The molecular weight excluding hydrogens is 282 g/mol. The van der Waals surface area contributed by atoms with Crippen LogP contribution in [0.4, 0.5) is 0 Å². The van der Waals surface area contributed by atoms with Crippen molar-refractivity contribution >= 4 is 11.6 Å². The smallest absolute Gasteiger partial charge is 0.0470 e. The van der Waals surface area contributed by atoms with Gasteiger partial charge in [0.05, 0.1) is 0 Å². The van der Waals surface area contributed by atoms with Gasteiger partial charge in [-0.2, -0.15) is 0 Å². The van der Waals surface area contributed by atoms with E-state index < -0.39 is 0 Å². The number of halogens is 1. The highest BCUT2D eigenvalue weighted by Crippen LogP contribution is 2.21. The number of nitrogens with zero attached hydrogens (tertiary/aromatic N) is 2. The molecule has 1 unspecified atom stereocenters. The van der Waals surface area contributed by atoms with Gasteiger partial charge in [-0.15, -0.1) is 0 Å². The number of nitrogens with two attached hydrogens (primary N) is 1. The van der Waals surface area contributed by atoms with E-state index in [0.717, 1.165) is 37.7 Å². The second-order valence-corrected chi connectivity index (χ2v) is 5.75. The summed E-state index contributed by atoms with van der Waals surface area (Å²) in [7, 11) is 0. The van der Waals surface area contributed by atoms with E-state index in [1.54, 1.807) is 0 Å². The maximum atomic E-state index is 6.02. The summed E-state index contributed by atoms with van der Waals surface area (Å²) >= 11 is 5.97. The summed E-state index contributed by atoms with van der Waals surface area (Å²) in [6.45, 7) is 12.8. The van der Waals surface area contributed by atoms with Crippen molar-refractivity contribution in [2.75, 3.05) is 39.3 Å². The predicted octanol–water partition coefficient (Wildman–Crippen LogP) is 3.39. The Kier molecular flexibility index (Phi) is 8.93. The lowest BCUT2D eigenvalue weighted by Crippen LogP contribution is -2.36. The molecule has 3 nitrogen and oxygen atoms in total. The topological polar surface area (TPSA) is 32.5 Å². The van der Waals surface area contributed by atoms with E-state index in [0.29, 0.717) is 6.54 Å². The van der Waals surface area contributed by atoms with Gasteiger partial charge in [-0.1, -0.05) is 44.5 Å². The van der Waals surface area contributed by atoms with Gasteiger partial charge in [-0.05, 0) is 50.3 Å². The van der Waals surface area contributed by atoms with Gasteiger partial charge in [0.1, 0.15) is 0 Å². The lowest BCUT2D eigenvalue weighted by Gasteiger charge is -2.31. The largest absolute Gasteiger partial charge is 0.329 e. The van der Waals surface area contributed by atoms with Crippen LogP contribution in [0.5, 0.6) is 0 Å². The molecule has 0 heterocycles. The first-order valence-electron chi connectivity index (χ1n) is 8.08. The zero-order chi connectivity index (χ0) is 15.7. The van der Waals surface area contributed by atoms with E-state index in [1.165, 1.54) is 12.0 Å². The monoisotopic (exact) mass is 311 g/mol. The molecule has 0 aliphatic rings. The fourth-order valence-corrected chi connectivity index (χ4v) is 2.88. The van der Waals surface area contributed by atoms with Gasteiger partial charge in [-0.25, -0.2) is 0 Å². The van der Waals surface area contributed by atoms with Crippen molar-refractivity contribution in [1.29, 1.82) is 0 Å². The van der Waals surface area contributed by atoms with E-state index in [1.807, 2.05) is 12.1 Å². The highest BCUT2D eigenvalue weighted by atomic mass is 35.5. The van der Waals surface area contributed by atoms with Crippen molar-refractivity contribution in [2.45, 2.75) is 33.2 Å². The molecule has 1 aromatic carbocycles. The van der Waals surface area contributed by atoms with Crippen LogP contribution in [0.25, 0.3) is 0 Å². The normalized spacial score (nSPS) is 13.1. The molecule has 0 bridgehead atoms. The molecule has 1 aromatic rings. The summed E-state index contributed by atoms with van der Waals surface area (Å²) in [5.74, 6) is 0. The zero-order valence-electron chi connectivity index (χ0n) is 13.7. The molecule has 0 aromatic heterocycles. The van der Waals surface area contributed by atoms with Crippen LogP contribution in [-0.4, -0.2) is 49.1 Å². The fourth-order valence-electron chi connectivity index (χ4n) is 2.75. The maximum absolute atomic E-state index is 6.02. The number of hydrogen-bond donors (Lipinski definition) is 1.